The van der Waals surface area contributed by atoms with Crippen molar-refractivity contribution in [1.82, 2.24) is 19.8 Å². The molecular formula is C32H33F3N6O2. The normalized spacial score (nSPS) is 17.0. The molecular weight excluding hydrogens is 557 g/mol. The molecule has 1 saturated heterocycles. The number of alkyl halides is 3. The summed E-state index contributed by atoms with van der Waals surface area (Å²) in [6.45, 7) is 3.46. The molecule has 0 radical (unpaired) electrons. The van der Waals surface area contributed by atoms with Gasteiger partial charge in [-0.15, -0.1) is 0 Å². The first kappa shape index (κ1) is 30.2. The fraction of sp³-hybridized carbons (Fsp3) is 0.375. The van der Waals surface area contributed by atoms with E-state index in [4.69, 9.17) is 0 Å². The van der Waals surface area contributed by atoms with Crippen molar-refractivity contribution < 1.29 is 22.8 Å². The molecule has 11 heteroatoms. The SMILES string of the molecule is Cc1ccc(C(=O)Nc2ccc(CN3CCC(N(C)C)C3)c(C(F)(F)F)c2)cc1C#Cc1cnc(NC(=O)C2CC2)cn1. The van der Waals surface area contributed by atoms with Gasteiger partial charge in [0.1, 0.15) is 5.69 Å². The first-order chi connectivity index (χ1) is 20.5. The number of nitrogens with one attached hydrogen (secondary N) is 2. The summed E-state index contributed by atoms with van der Waals surface area (Å²) in [6.07, 6.45) is 1.01. The highest BCUT2D eigenvalue weighted by molar-refractivity contribution is 6.04. The van der Waals surface area contributed by atoms with Crippen LogP contribution in [0.1, 0.15) is 57.6 Å². The molecule has 2 fully saturated rings. The predicted molar refractivity (Wildman–Crippen MR) is 157 cm³/mol. The Kier molecular flexibility index (Phi) is 8.80. The van der Waals surface area contributed by atoms with E-state index < -0.39 is 17.6 Å². The van der Waals surface area contributed by atoms with Gasteiger partial charge in [0, 0.05) is 48.4 Å². The van der Waals surface area contributed by atoms with Gasteiger partial charge in [0.05, 0.1) is 18.0 Å². The van der Waals surface area contributed by atoms with Crippen LogP contribution < -0.4 is 10.6 Å². The molecule has 5 rings (SSSR count). The van der Waals surface area contributed by atoms with E-state index in [2.05, 4.69) is 37.3 Å². The molecule has 8 nitrogen and oxygen atoms in total. The maximum Gasteiger partial charge on any atom is 0.416 e. The Balaban J connectivity index is 1.27. The van der Waals surface area contributed by atoms with Gasteiger partial charge in [0.15, 0.2) is 5.82 Å². The Labute approximate surface area is 248 Å². The fourth-order valence-electron chi connectivity index (χ4n) is 4.94. The van der Waals surface area contributed by atoms with Crippen LogP contribution >= 0.6 is 0 Å². The fourth-order valence-corrected chi connectivity index (χ4v) is 4.94. The number of benzene rings is 2. The lowest BCUT2D eigenvalue weighted by atomic mass is 10.0. The predicted octanol–water partition coefficient (Wildman–Crippen LogP) is 4.94. The summed E-state index contributed by atoms with van der Waals surface area (Å²) in [5.41, 5.74) is 1.49. The molecule has 2 aliphatic rings. The summed E-state index contributed by atoms with van der Waals surface area (Å²) >= 11 is 0. The number of carbonyl (C=O) groups excluding carboxylic acids is 2. The van der Waals surface area contributed by atoms with E-state index in [9.17, 15) is 22.8 Å². The topological polar surface area (TPSA) is 90.5 Å². The summed E-state index contributed by atoms with van der Waals surface area (Å²) in [6, 6.07) is 9.17. The molecule has 3 aromatic rings. The zero-order valence-electron chi connectivity index (χ0n) is 24.3. The van der Waals surface area contributed by atoms with Crippen LogP contribution in [0.3, 0.4) is 0 Å². The van der Waals surface area contributed by atoms with Crippen molar-refractivity contribution in [2.45, 2.75) is 44.9 Å². The minimum absolute atomic E-state index is 0.0519. The summed E-state index contributed by atoms with van der Waals surface area (Å²) < 4.78 is 42.1. The number of amides is 2. The average molecular weight is 591 g/mol. The van der Waals surface area contributed by atoms with Gasteiger partial charge in [-0.05, 0) is 81.6 Å². The van der Waals surface area contributed by atoms with Crippen LogP contribution in [-0.2, 0) is 17.5 Å². The lowest BCUT2D eigenvalue weighted by Gasteiger charge is -2.22. The monoisotopic (exact) mass is 590 g/mol. The van der Waals surface area contributed by atoms with Crippen molar-refractivity contribution >= 4 is 23.3 Å². The molecule has 2 N–H and O–H groups in total. The smallest absolute Gasteiger partial charge is 0.322 e. The van der Waals surface area contributed by atoms with Crippen molar-refractivity contribution in [3.63, 3.8) is 0 Å². The van der Waals surface area contributed by atoms with Gasteiger partial charge in [-0.1, -0.05) is 18.1 Å². The number of halogens is 3. The highest BCUT2D eigenvalue weighted by atomic mass is 19.4. The Hall–Kier alpha value is -4.27. The summed E-state index contributed by atoms with van der Waals surface area (Å²) in [4.78, 5) is 37.4. The van der Waals surface area contributed by atoms with E-state index in [0.29, 0.717) is 29.7 Å². The summed E-state index contributed by atoms with van der Waals surface area (Å²) in [5.74, 6) is 5.68. The van der Waals surface area contributed by atoms with Crippen molar-refractivity contribution in [3.05, 3.63) is 82.3 Å². The molecule has 2 heterocycles. The third-order valence-corrected chi connectivity index (χ3v) is 7.72. The maximum absolute atomic E-state index is 14.0. The van der Waals surface area contributed by atoms with Crippen LogP contribution in [0.5, 0.6) is 0 Å². The second-order valence-corrected chi connectivity index (χ2v) is 11.3. The molecule has 1 atom stereocenters. The van der Waals surface area contributed by atoms with Crippen LogP contribution in [0.4, 0.5) is 24.7 Å². The minimum atomic E-state index is -4.56. The number of likely N-dealkylation sites (tertiary alicyclic amines) is 1. The van der Waals surface area contributed by atoms with Crippen molar-refractivity contribution in [2.75, 3.05) is 37.8 Å². The first-order valence-corrected chi connectivity index (χ1v) is 14.1. The Morgan fingerprint density at radius 3 is 2.47 bits per heavy atom. The molecule has 0 bridgehead atoms. The van der Waals surface area contributed by atoms with E-state index >= 15 is 0 Å². The molecule has 1 aliphatic carbocycles. The molecule has 43 heavy (non-hydrogen) atoms. The van der Waals surface area contributed by atoms with Crippen LogP contribution in [0.2, 0.25) is 0 Å². The second kappa shape index (κ2) is 12.5. The highest BCUT2D eigenvalue weighted by Gasteiger charge is 2.35. The Morgan fingerprint density at radius 1 is 1.02 bits per heavy atom. The number of carbonyl (C=O) groups is 2. The van der Waals surface area contributed by atoms with E-state index in [0.717, 1.165) is 37.4 Å². The summed E-state index contributed by atoms with van der Waals surface area (Å²) in [5, 5.41) is 5.32. The van der Waals surface area contributed by atoms with E-state index in [1.54, 1.807) is 18.2 Å². The second-order valence-electron chi connectivity index (χ2n) is 11.3. The molecule has 2 aromatic carbocycles. The van der Waals surface area contributed by atoms with E-state index in [1.807, 2.05) is 25.9 Å². The molecule has 1 unspecified atom stereocenters. The standard InChI is InChI=1S/C32H33F3N6O2/c1-20-4-5-23(14-22(20)8-11-26-16-37-29(17-36-26)39-30(42)21-6-7-21)31(43)38-25-10-9-24(28(15-25)32(33,34)35)18-41-13-12-27(19-41)40(2)3/h4-5,9-10,14-17,21,27H,6-7,12-13,18-19H2,1-3H3,(H,38,43)(H,37,39,42). The molecule has 1 saturated carbocycles. The number of hydrogen-bond donors (Lipinski definition) is 2. The number of nitrogens with zero attached hydrogens (tertiary/aromatic N) is 4. The third kappa shape index (κ3) is 7.77. The molecule has 1 aliphatic heterocycles. The van der Waals surface area contributed by atoms with Gasteiger partial charge in [-0.3, -0.25) is 14.5 Å². The van der Waals surface area contributed by atoms with Gasteiger partial charge in [-0.2, -0.15) is 13.2 Å². The van der Waals surface area contributed by atoms with Crippen LogP contribution in [0.15, 0.2) is 48.8 Å². The van der Waals surface area contributed by atoms with Gasteiger partial charge in [-0.25, -0.2) is 9.97 Å². The zero-order chi connectivity index (χ0) is 30.7. The van der Waals surface area contributed by atoms with Crippen molar-refractivity contribution in [2.24, 2.45) is 5.92 Å². The van der Waals surface area contributed by atoms with Gasteiger partial charge in [0.2, 0.25) is 5.91 Å². The van der Waals surface area contributed by atoms with Gasteiger partial charge < -0.3 is 15.5 Å². The summed E-state index contributed by atoms with van der Waals surface area (Å²) in [7, 11) is 3.95. The van der Waals surface area contributed by atoms with Crippen LogP contribution in [0.25, 0.3) is 0 Å². The van der Waals surface area contributed by atoms with Crippen molar-refractivity contribution in [3.8, 4) is 11.8 Å². The molecule has 224 valence electrons. The number of aryl methyl sites for hydroxylation is 1. The van der Waals surface area contributed by atoms with Gasteiger partial charge >= 0.3 is 6.18 Å². The number of likely N-dealkylation sites (N-methyl/N-ethyl adjacent to an activating group) is 1. The van der Waals surface area contributed by atoms with E-state index in [1.165, 1.54) is 24.5 Å². The first-order valence-electron chi connectivity index (χ1n) is 14.1. The van der Waals surface area contributed by atoms with Crippen LogP contribution in [-0.4, -0.2) is 64.8 Å². The highest BCUT2D eigenvalue weighted by Crippen LogP contribution is 2.35. The lowest BCUT2D eigenvalue weighted by Crippen LogP contribution is -2.31. The molecule has 0 spiro atoms. The van der Waals surface area contributed by atoms with Gasteiger partial charge in [0.25, 0.3) is 5.91 Å². The number of aromatic nitrogens is 2. The quantitative estimate of drug-likeness (QED) is 0.379. The lowest BCUT2D eigenvalue weighted by molar-refractivity contribution is -0.138. The Morgan fingerprint density at radius 2 is 1.81 bits per heavy atom. The zero-order valence-corrected chi connectivity index (χ0v) is 24.3. The Bertz CT molecular complexity index is 1570. The average Bonchev–Trinajstić information content (AvgIpc) is 3.72. The van der Waals surface area contributed by atoms with E-state index in [-0.39, 0.29) is 35.2 Å². The largest absolute Gasteiger partial charge is 0.416 e. The molecule has 2 amide bonds. The number of rotatable bonds is 7. The minimum Gasteiger partial charge on any atom is -0.322 e. The van der Waals surface area contributed by atoms with Crippen molar-refractivity contribution in [1.29, 1.82) is 0 Å². The number of anilines is 2. The maximum atomic E-state index is 14.0. The van der Waals surface area contributed by atoms with Crippen LogP contribution in [0, 0.1) is 24.7 Å². The molecule has 1 aromatic heterocycles. The third-order valence-electron chi connectivity index (χ3n) is 7.72. The number of hydrogen-bond acceptors (Lipinski definition) is 6.